The molecule has 1 saturated heterocycles. The Bertz CT molecular complexity index is 962. The van der Waals surface area contributed by atoms with E-state index in [2.05, 4.69) is 24.8 Å². The molecule has 0 spiro atoms. The second-order valence-corrected chi connectivity index (χ2v) is 8.50. The first kappa shape index (κ1) is 17.6. The molecule has 146 valence electrons. The summed E-state index contributed by atoms with van der Waals surface area (Å²) in [6.45, 7) is 4.18. The topological polar surface area (TPSA) is 80.4 Å². The maximum absolute atomic E-state index is 6.04. The molecular formula is C20H24N6OS. The number of hydrogen-bond donors (Lipinski definition) is 1. The molecule has 0 atom stereocenters. The molecule has 2 N–H and O–H groups in total. The summed E-state index contributed by atoms with van der Waals surface area (Å²) < 4.78 is 7.05. The van der Waals surface area contributed by atoms with Crippen LogP contribution >= 0.6 is 11.3 Å². The smallest absolute Gasteiger partial charge is 0.224 e. The summed E-state index contributed by atoms with van der Waals surface area (Å²) in [6.07, 6.45) is 7.06. The van der Waals surface area contributed by atoms with Gasteiger partial charge in [-0.15, -0.1) is 0 Å². The van der Waals surface area contributed by atoms with Crippen molar-refractivity contribution in [2.45, 2.75) is 31.7 Å². The summed E-state index contributed by atoms with van der Waals surface area (Å²) >= 11 is 1.45. The average Bonchev–Trinajstić information content (AvgIpc) is 3.38. The minimum atomic E-state index is 0.530. The Morgan fingerprint density at radius 2 is 1.89 bits per heavy atom. The molecule has 3 aromatic rings. The van der Waals surface area contributed by atoms with Gasteiger partial charge in [0, 0.05) is 38.3 Å². The number of nitrogens with two attached hydrogens (primary N) is 1. The van der Waals surface area contributed by atoms with Gasteiger partial charge in [-0.05, 0) is 25.0 Å². The Morgan fingerprint density at radius 1 is 1.07 bits per heavy atom. The van der Waals surface area contributed by atoms with Crippen molar-refractivity contribution < 1.29 is 4.74 Å². The van der Waals surface area contributed by atoms with E-state index in [0.29, 0.717) is 16.8 Å². The molecule has 2 aliphatic rings. The van der Waals surface area contributed by atoms with E-state index in [4.69, 9.17) is 10.5 Å². The maximum atomic E-state index is 6.04. The summed E-state index contributed by atoms with van der Waals surface area (Å²) in [6, 6.07) is 8.53. The van der Waals surface area contributed by atoms with Crippen LogP contribution in [0.5, 0.6) is 11.6 Å². The molecule has 1 aliphatic heterocycles. The minimum Gasteiger partial charge on any atom is -0.437 e. The summed E-state index contributed by atoms with van der Waals surface area (Å²) in [7, 11) is 0. The van der Waals surface area contributed by atoms with Gasteiger partial charge in [-0.1, -0.05) is 30.2 Å². The van der Waals surface area contributed by atoms with Crippen molar-refractivity contribution in [3.63, 3.8) is 0 Å². The number of para-hydroxylation sites is 1. The fourth-order valence-electron chi connectivity index (χ4n) is 4.28. The van der Waals surface area contributed by atoms with Gasteiger partial charge >= 0.3 is 0 Å². The van der Waals surface area contributed by atoms with Crippen molar-refractivity contribution in [1.82, 2.24) is 19.9 Å². The van der Waals surface area contributed by atoms with E-state index in [0.717, 1.165) is 48.3 Å². The van der Waals surface area contributed by atoms with Crippen LogP contribution in [-0.4, -0.2) is 52.1 Å². The first-order valence-corrected chi connectivity index (χ1v) is 10.7. The molecule has 3 heterocycles. The molecule has 8 heteroatoms. The first-order chi connectivity index (χ1) is 13.8. The number of hydrogen-bond acceptors (Lipinski definition) is 8. The Labute approximate surface area is 168 Å². The van der Waals surface area contributed by atoms with Crippen molar-refractivity contribution in [3.8, 4) is 11.6 Å². The van der Waals surface area contributed by atoms with Crippen LogP contribution in [0.25, 0.3) is 10.2 Å². The summed E-state index contributed by atoms with van der Waals surface area (Å²) in [5.41, 5.74) is 6.62. The molecule has 1 saturated carbocycles. The predicted octanol–water partition coefficient (Wildman–Crippen LogP) is 3.53. The monoisotopic (exact) mass is 396 g/mol. The van der Waals surface area contributed by atoms with Gasteiger partial charge in [0.2, 0.25) is 5.88 Å². The third kappa shape index (κ3) is 3.49. The molecule has 5 rings (SSSR count). The van der Waals surface area contributed by atoms with Gasteiger partial charge in [0.25, 0.3) is 0 Å². The molecular weight excluding hydrogens is 372 g/mol. The van der Waals surface area contributed by atoms with Gasteiger partial charge in [0.1, 0.15) is 17.7 Å². The molecule has 7 nitrogen and oxygen atoms in total. The number of fused-ring (bicyclic) bond motifs is 1. The van der Waals surface area contributed by atoms with Crippen molar-refractivity contribution in [2.75, 3.05) is 36.8 Å². The fourth-order valence-corrected chi connectivity index (χ4v) is 5.03. The van der Waals surface area contributed by atoms with Gasteiger partial charge in [-0.2, -0.15) is 0 Å². The van der Waals surface area contributed by atoms with Crippen LogP contribution in [0.1, 0.15) is 25.7 Å². The third-order valence-corrected chi connectivity index (χ3v) is 6.57. The SMILES string of the molecule is Nc1nc2c(Oc3cc(N4CCN(C5CCCC5)CC4)ncn3)cccc2s1. The maximum Gasteiger partial charge on any atom is 0.224 e. The van der Waals surface area contributed by atoms with Crippen LogP contribution in [0, 0.1) is 0 Å². The van der Waals surface area contributed by atoms with Crippen LogP contribution in [0.15, 0.2) is 30.6 Å². The number of aromatic nitrogens is 3. The van der Waals surface area contributed by atoms with Gasteiger partial charge in [-0.3, -0.25) is 4.90 Å². The Kier molecular flexibility index (Phi) is 4.74. The van der Waals surface area contributed by atoms with E-state index >= 15 is 0 Å². The Balaban J connectivity index is 1.30. The average molecular weight is 397 g/mol. The van der Waals surface area contributed by atoms with Crippen LogP contribution in [0.2, 0.25) is 0 Å². The summed E-state index contributed by atoms with van der Waals surface area (Å²) in [5.74, 6) is 2.12. The molecule has 0 radical (unpaired) electrons. The second-order valence-electron chi connectivity index (χ2n) is 7.43. The highest BCUT2D eigenvalue weighted by Crippen LogP contribution is 2.33. The molecule has 1 aliphatic carbocycles. The van der Waals surface area contributed by atoms with Crippen molar-refractivity contribution in [2.24, 2.45) is 0 Å². The van der Waals surface area contributed by atoms with E-state index in [9.17, 15) is 0 Å². The molecule has 28 heavy (non-hydrogen) atoms. The lowest BCUT2D eigenvalue weighted by Crippen LogP contribution is -2.50. The zero-order chi connectivity index (χ0) is 18.9. The number of rotatable bonds is 4. The second kappa shape index (κ2) is 7.52. The molecule has 0 amide bonds. The van der Waals surface area contributed by atoms with Crippen LogP contribution in [0.3, 0.4) is 0 Å². The Morgan fingerprint density at radius 3 is 2.71 bits per heavy atom. The zero-order valence-electron chi connectivity index (χ0n) is 15.8. The first-order valence-electron chi connectivity index (χ1n) is 9.90. The predicted molar refractivity (Wildman–Crippen MR) is 112 cm³/mol. The molecule has 1 aromatic carbocycles. The molecule has 0 bridgehead atoms. The standard InChI is InChI=1S/C20H24N6OS/c21-20-24-19-15(6-3-7-16(19)28-20)27-18-12-17(22-13-23-18)26-10-8-25(9-11-26)14-4-1-2-5-14/h3,6-7,12-14H,1-2,4-5,8-11H2,(H2,21,24). The number of benzene rings is 1. The molecule has 2 fully saturated rings. The lowest BCUT2D eigenvalue weighted by molar-refractivity contribution is 0.187. The van der Waals surface area contributed by atoms with Gasteiger partial charge in [-0.25, -0.2) is 15.0 Å². The molecule has 2 aromatic heterocycles. The zero-order valence-corrected chi connectivity index (χ0v) is 16.6. The number of nitrogen functional groups attached to an aromatic ring is 1. The lowest BCUT2D eigenvalue weighted by Gasteiger charge is -2.38. The third-order valence-electron chi connectivity index (χ3n) is 5.72. The van der Waals surface area contributed by atoms with Gasteiger partial charge < -0.3 is 15.4 Å². The lowest BCUT2D eigenvalue weighted by atomic mass is 10.2. The highest BCUT2D eigenvalue weighted by Gasteiger charge is 2.26. The van der Waals surface area contributed by atoms with Gasteiger partial charge in [0.05, 0.1) is 4.70 Å². The summed E-state index contributed by atoms with van der Waals surface area (Å²) in [4.78, 5) is 18.1. The van der Waals surface area contributed by atoms with Crippen molar-refractivity contribution >= 4 is 32.5 Å². The van der Waals surface area contributed by atoms with Crippen LogP contribution in [-0.2, 0) is 0 Å². The van der Waals surface area contributed by atoms with Crippen molar-refractivity contribution in [1.29, 1.82) is 0 Å². The number of thiazole rings is 1. The molecule has 0 unspecified atom stereocenters. The highest BCUT2D eigenvalue weighted by molar-refractivity contribution is 7.22. The number of ether oxygens (including phenoxy) is 1. The quantitative estimate of drug-likeness (QED) is 0.722. The number of piperazine rings is 1. The minimum absolute atomic E-state index is 0.530. The fraction of sp³-hybridized carbons (Fsp3) is 0.450. The van der Waals surface area contributed by atoms with E-state index in [1.54, 1.807) is 6.33 Å². The van der Waals surface area contributed by atoms with Crippen molar-refractivity contribution in [3.05, 3.63) is 30.6 Å². The van der Waals surface area contributed by atoms with Crippen LogP contribution < -0.4 is 15.4 Å². The normalized spacial score (nSPS) is 18.8. The van der Waals surface area contributed by atoms with E-state index in [1.165, 1.54) is 37.0 Å². The van der Waals surface area contributed by atoms with Crippen LogP contribution in [0.4, 0.5) is 10.9 Å². The van der Waals surface area contributed by atoms with Gasteiger partial charge in [0.15, 0.2) is 10.9 Å². The van der Waals surface area contributed by atoms with E-state index in [-0.39, 0.29) is 0 Å². The Hall–Kier alpha value is -2.45. The van der Waals surface area contributed by atoms with E-state index < -0.39 is 0 Å². The number of nitrogens with zero attached hydrogens (tertiary/aromatic N) is 5. The highest BCUT2D eigenvalue weighted by atomic mass is 32.1. The summed E-state index contributed by atoms with van der Waals surface area (Å²) in [5, 5.41) is 0.537. The number of anilines is 2. The van der Waals surface area contributed by atoms with E-state index in [1.807, 2.05) is 24.3 Å². The largest absolute Gasteiger partial charge is 0.437 e.